The van der Waals surface area contributed by atoms with Crippen LogP contribution in [0, 0.1) is 0 Å². The number of aryl methyl sites for hydroxylation is 2. The first kappa shape index (κ1) is 15.5. The first-order valence-electron chi connectivity index (χ1n) is 8.24. The van der Waals surface area contributed by atoms with Crippen LogP contribution in [0.25, 0.3) is 11.0 Å². The zero-order valence-electron chi connectivity index (χ0n) is 13.7. The lowest BCUT2D eigenvalue weighted by molar-refractivity contribution is 0.365. The molecule has 0 aliphatic carbocycles. The van der Waals surface area contributed by atoms with Gasteiger partial charge in [0.2, 0.25) is 5.89 Å². The van der Waals surface area contributed by atoms with Gasteiger partial charge in [-0.15, -0.1) is 0 Å². The van der Waals surface area contributed by atoms with Gasteiger partial charge >= 0.3 is 5.69 Å². The van der Waals surface area contributed by atoms with Crippen molar-refractivity contribution in [3.63, 3.8) is 0 Å². The van der Waals surface area contributed by atoms with Gasteiger partial charge in [0, 0.05) is 13.0 Å². The number of nitrogens with zero attached hydrogens (tertiary/aromatic N) is 4. The van der Waals surface area contributed by atoms with Gasteiger partial charge in [-0.3, -0.25) is 9.13 Å². The van der Waals surface area contributed by atoms with Crippen molar-refractivity contribution in [2.45, 2.75) is 52.6 Å². The summed E-state index contributed by atoms with van der Waals surface area (Å²) in [4.78, 5) is 17.1. The molecule has 0 N–H and O–H groups in total. The lowest BCUT2D eigenvalue weighted by atomic mass is 10.2. The summed E-state index contributed by atoms with van der Waals surface area (Å²) >= 11 is 0. The second-order valence-electron chi connectivity index (χ2n) is 5.72. The van der Waals surface area contributed by atoms with Gasteiger partial charge in [0.1, 0.15) is 6.54 Å². The number of benzene rings is 1. The largest absolute Gasteiger partial charge is 0.337 e. The van der Waals surface area contributed by atoms with Crippen molar-refractivity contribution in [3.8, 4) is 0 Å². The van der Waals surface area contributed by atoms with Crippen LogP contribution >= 0.6 is 0 Å². The minimum atomic E-state index is -0.0265. The predicted molar refractivity (Wildman–Crippen MR) is 88.5 cm³/mol. The van der Waals surface area contributed by atoms with Crippen LogP contribution in [-0.4, -0.2) is 19.3 Å². The molecule has 3 rings (SSSR count). The highest BCUT2D eigenvalue weighted by atomic mass is 16.5. The standard InChI is InChI=1S/C17H22N4O2/c1-3-5-10-15-18-16(23-19-15)12-21-14-9-7-6-8-13(14)20(11-4-2)17(21)22/h6-9H,3-5,10-12H2,1-2H3. The Kier molecular flexibility index (Phi) is 4.60. The van der Waals surface area contributed by atoms with Crippen molar-refractivity contribution in [2.75, 3.05) is 0 Å². The number of imidazole rings is 1. The maximum Gasteiger partial charge on any atom is 0.329 e. The minimum absolute atomic E-state index is 0.0265. The van der Waals surface area contributed by atoms with E-state index in [1.54, 1.807) is 4.57 Å². The third-order valence-electron chi connectivity index (χ3n) is 3.93. The molecular formula is C17H22N4O2. The molecule has 2 heterocycles. The smallest absolute Gasteiger partial charge is 0.329 e. The zero-order chi connectivity index (χ0) is 16.2. The molecule has 6 heteroatoms. The first-order valence-corrected chi connectivity index (χ1v) is 8.24. The van der Waals surface area contributed by atoms with Crippen LogP contribution in [0.1, 0.15) is 44.8 Å². The van der Waals surface area contributed by atoms with E-state index in [4.69, 9.17) is 4.52 Å². The molecule has 0 atom stereocenters. The van der Waals surface area contributed by atoms with Crippen molar-refractivity contribution in [3.05, 3.63) is 46.5 Å². The quantitative estimate of drug-likeness (QED) is 0.672. The number of hydrogen-bond donors (Lipinski definition) is 0. The maximum absolute atomic E-state index is 12.7. The Balaban J connectivity index is 1.95. The summed E-state index contributed by atoms with van der Waals surface area (Å²) in [5.74, 6) is 1.20. The highest BCUT2D eigenvalue weighted by molar-refractivity contribution is 5.76. The average Bonchev–Trinajstić information content (AvgIpc) is 3.12. The molecule has 0 aliphatic heterocycles. The molecule has 23 heavy (non-hydrogen) atoms. The molecule has 0 saturated heterocycles. The summed E-state index contributed by atoms with van der Waals surface area (Å²) in [6, 6.07) is 7.82. The van der Waals surface area contributed by atoms with Gasteiger partial charge in [-0.2, -0.15) is 4.98 Å². The average molecular weight is 314 g/mol. The van der Waals surface area contributed by atoms with E-state index in [0.29, 0.717) is 24.8 Å². The summed E-state index contributed by atoms with van der Waals surface area (Å²) in [6.45, 7) is 5.22. The van der Waals surface area contributed by atoms with Gasteiger partial charge in [0.05, 0.1) is 11.0 Å². The number of rotatable bonds is 7. The second kappa shape index (κ2) is 6.81. The number of hydrogen-bond acceptors (Lipinski definition) is 4. The van der Waals surface area contributed by atoms with E-state index >= 15 is 0 Å². The molecule has 0 bridgehead atoms. The van der Waals surface area contributed by atoms with E-state index < -0.39 is 0 Å². The number of para-hydroxylation sites is 2. The van der Waals surface area contributed by atoms with Crippen LogP contribution in [0.2, 0.25) is 0 Å². The van der Waals surface area contributed by atoms with Gasteiger partial charge in [-0.1, -0.05) is 37.6 Å². The van der Waals surface area contributed by atoms with Crippen LogP contribution in [0.3, 0.4) is 0 Å². The normalized spacial score (nSPS) is 11.4. The Morgan fingerprint density at radius 3 is 2.52 bits per heavy atom. The molecule has 2 aromatic heterocycles. The summed E-state index contributed by atoms with van der Waals surface area (Å²) in [7, 11) is 0. The van der Waals surface area contributed by atoms with Crippen molar-refractivity contribution in [1.29, 1.82) is 0 Å². The van der Waals surface area contributed by atoms with Crippen molar-refractivity contribution in [1.82, 2.24) is 19.3 Å². The number of fused-ring (bicyclic) bond motifs is 1. The summed E-state index contributed by atoms with van der Waals surface area (Å²) in [6.07, 6.45) is 3.85. The lowest BCUT2D eigenvalue weighted by Crippen LogP contribution is -2.24. The number of aromatic nitrogens is 4. The monoisotopic (exact) mass is 314 g/mol. The fraction of sp³-hybridized carbons (Fsp3) is 0.471. The Bertz CT molecular complexity index is 844. The van der Waals surface area contributed by atoms with E-state index in [2.05, 4.69) is 24.0 Å². The van der Waals surface area contributed by atoms with Crippen LogP contribution in [0.4, 0.5) is 0 Å². The molecule has 3 aromatic rings. The van der Waals surface area contributed by atoms with Gasteiger partial charge in [0.25, 0.3) is 0 Å². The van der Waals surface area contributed by atoms with Gasteiger partial charge in [-0.05, 0) is 25.0 Å². The molecule has 0 spiro atoms. The van der Waals surface area contributed by atoms with E-state index in [9.17, 15) is 4.79 Å². The highest BCUT2D eigenvalue weighted by Gasteiger charge is 2.15. The predicted octanol–water partition coefficient (Wildman–Crippen LogP) is 2.99. The van der Waals surface area contributed by atoms with Crippen molar-refractivity contribution in [2.24, 2.45) is 0 Å². The van der Waals surface area contributed by atoms with Crippen LogP contribution in [0.15, 0.2) is 33.6 Å². The molecule has 0 saturated carbocycles. The Morgan fingerprint density at radius 1 is 1.09 bits per heavy atom. The molecule has 1 aromatic carbocycles. The van der Waals surface area contributed by atoms with Crippen LogP contribution in [-0.2, 0) is 19.5 Å². The summed E-state index contributed by atoms with van der Waals surface area (Å²) in [5, 5.41) is 3.99. The summed E-state index contributed by atoms with van der Waals surface area (Å²) in [5.41, 5.74) is 1.82. The van der Waals surface area contributed by atoms with E-state index in [1.165, 1.54) is 0 Å². The Labute approximate surface area is 134 Å². The lowest BCUT2D eigenvalue weighted by Gasteiger charge is -1.98. The Hall–Kier alpha value is -2.37. The third-order valence-corrected chi connectivity index (χ3v) is 3.93. The molecule has 0 unspecified atom stereocenters. The van der Waals surface area contributed by atoms with Gasteiger partial charge in [-0.25, -0.2) is 4.79 Å². The van der Waals surface area contributed by atoms with Crippen LogP contribution in [0.5, 0.6) is 0 Å². The zero-order valence-corrected chi connectivity index (χ0v) is 13.7. The molecule has 6 nitrogen and oxygen atoms in total. The fourth-order valence-corrected chi connectivity index (χ4v) is 2.79. The van der Waals surface area contributed by atoms with E-state index in [-0.39, 0.29) is 5.69 Å². The highest BCUT2D eigenvalue weighted by Crippen LogP contribution is 2.14. The SMILES string of the molecule is CCCCc1noc(Cn2c(=O)n(CCC)c3ccccc32)n1. The van der Waals surface area contributed by atoms with E-state index in [1.807, 2.05) is 28.8 Å². The Morgan fingerprint density at radius 2 is 1.83 bits per heavy atom. The fourth-order valence-electron chi connectivity index (χ4n) is 2.79. The minimum Gasteiger partial charge on any atom is -0.337 e. The molecule has 0 fully saturated rings. The topological polar surface area (TPSA) is 65.8 Å². The van der Waals surface area contributed by atoms with E-state index in [0.717, 1.165) is 36.7 Å². The van der Waals surface area contributed by atoms with Crippen LogP contribution < -0.4 is 5.69 Å². The summed E-state index contributed by atoms with van der Waals surface area (Å²) < 4.78 is 8.83. The maximum atomic E-state index is 12.7. The molecule has 0 amide bonds. The third kappa shape index (κ3) is 3.06. The van der Waals surface area contributed by atoms with Crippen molar-refractivity contribution >= 4 is 11.0 Å². The molecule has 122 valence electrons. The van der Waals surface area contributed by atoms with Gasteiger partial charge < -0.3 is 4.52 Å². The first-order chi connectivity index (χ1) is 11.2. The molecular weight excluding hydrogens is 292 g/mol. The molecule has 0 radical (unpaired) electrons. The van der Waals surface area contributed by atoms with Gasteiger partial charge in [0.15, 0.2) is 5.82 Å². The molecule has 0 aliphatic rings. The second-order valence-corrected chi connectivity index (χ2v) is 5.72. The van der Waals surface area contributed by atoms with Crippen molar-refractivity contribution < 1.29 is 4.52 Å². The number of unbranched alkanes of at least 4 members (excludes halogenated alkanes) is 1.